The monoisotopic (exact) mass is 419 g/mol. The van der Waals surface area contributed by atoms with Crippen LogP contribution in [-0.2, 0) is 4.79 Å². The van der Waals surface area contributed by atoms with Crippen molar-refractivity contribution in [2.24, 2.45) is 0 Å². The van der Waals surface area contributed by atoms with Gasteiger partial charge < -0.3 is 14.8 Å². The summed E-state index contributed by atoms with van der Waals surface area (Å²) >= 11 is 1.44. The smallest absolute Gasteiger partial charge is 0.278 e. The van der Waals surface area contributed by atoms with Crippen LogP contribution in [0.15, 0.2) is 60.1 Å². The molecule has 2 aromatic heterocycles. The van der Waals surface area contributed by atoms with Crippen LogP contribution in [0.3, 0.4) is 0 Å². The van der Waals surface area contributed by atoms with Crippen molar-refractivity contribution in [1.29, 1.82) is 0 Å². The van der Waals surface area contributed by atoms with Crippen LogP contribution in [0.2, 0.25) is 0 Å². The molecule has 1 amide bonds. The Kier molecular flexibility index (Phi) is 5.63. The van der Waals surface area contributed by atoms with E-state index in [-0.39, 0.29) is 11.9 Å². The minimum Gasteiger partial charge on any atom is -0.439 e. The van der Waals surface area contributed by atoms with E-state index >= 15 is 0 Å². The fourth-order valence-electron chi connectivity index (χ4n) is 3.11. The van der Waals surface area contributed by atoms with Gasteiger partial charge in [-0.2, -0.15) is 0 Å². The molecule has 2 aromatic carbocycles. The van der Waals surface area contributed by atoms with E-state index in [0.29, 0.717) is 22.6 Å². The molecule has 0 aliphatic carbocycles. The Hall–Kier alpha value is -3.45. The summed E-state index contributed by atoms with van der Waals surface area (Å²) in [4.78, 5) is 20.0. The van der Waals surface area contributed by atoms with Crippen molar-refractivity contribution in [3.8, 4) is 22.6 Å². The first-order chi connectivity index (χ1) is 14.5. The van der Waals surface area contributed by atoms with E-state index in [2.05, 4.69) is 15.3 Å². The predicted octanol–water partition coefficient (Wildman–Crippen LogP) is 5.78. The summed E-state index contributed by atoms with van der Waals surface area (Å²) in [7, 11) is 0. The van der Waals surface area contributed by atoms with Crippen LogP contribution in [0.25, 0.3) is 10.9 Å². The molecule has 0 fully saturated rings. The second kappa shape index (κ2) is 8.51. The number of carbonyl (C=O) groups is 1. The van der Waals surface area contributed by atoms with Crippen LogP contribution in [0.5, 0.6) is 22.6 Å². The third kappa shape index (κ3) is 4.58. The lowest BCUT2D eigenvalue weighted by molar-refractivity contribution is -0.119. The highest BCUT2D eigenvalue weighted by molar-refractivity contribution is 7.11. The lowest BCUT2D eigenvalue weighted by Crippen LogP contribution is -2.23. The molecule has 1 atom stereocenters. The third-order valence-electron chi connectivity index (χ3n) is 4.58. The van der Waals surface area contributed by atoms with Crippen LogP contribution in [0.1, 0.15) is 31.0 Å². The van der Waals surface area contributed by atoms with Gasteiger partial charge in [0.1, 0.15) is 11.5 Å². The number of nitrogens with zero attached hydrogens (tertiary/aromatic N) is 2. The number of fused-ring (bicyclic) bond motifs is 1. The van der Waals surface area contributed by atoms with Gasteiger partial charge >= 0.3 is 0 Å². The lowest BCUT2D eigenvalue weighted by atomic mass is 10.1. The molecule has 4 aromatic rings. The number of hydrogen-bond donors (Lipinski definition) is 1. The van der Waals surface area contributed by atoms with Crippen molar-refractivity contribution in [3.05, 3.63) is 71.2 Å². The van der Waals surface area contributed by atoms with E-state index in [1.807, 2.05) is 67.8 Å². The van der Waals surface area contributed by atoms with E-state index in [1.54, 1.807) is 6.20 Å². The maximum atomic E-state index is 11.3. The van der Waals surface area contributed by atoms with E-state index in [9.17, 15) is 4.79 Å². The second-order valence-electron chi connectivity index (χ2n) is 6.95. The maximum Gasteiger partial charge on any atom is 0.278 e. The standard InChI is InChI=1S/C23H21N3O3S/c1-14-12-19(28-23-24-10-11-30-23)6-8-21(14)29-22-9-5-18-13-17(4-7-20(18)26-22)15(2)25-16(3)27/h4-13,15H,1-3H3,(H,25,27). The largest absolute Gasteiger partial charge is 0.439 e. The molecule has 1 N–H and O–H groups in total. The first kappa shape index (κ1) is 19.8. The number of carbonyl (C=O) groups excluding carboxylic acids is 1. The number of amides is 1. The number of rotatable bonds is 6. The summed E-state index contributed by atoms with van der Waals surface area (Å²) in [6, 6.07) is 15.3. The highest BCUT2D eigenvalue weighted by Gasteiger charge is 2.10. The van der Waals surface area contributed by atoms with E-state index in [0.717, 1.165) is 22.0 Å². The van der Waals surface area contributed by atoms with Gasteiger partial charge in [0.2, 0.25) is 11.8 Å². The van der Waals surface area contributed by atoms with Crippen molar-refractivity contribution in [2.75, 3.05) is 0 Å². The molecule has 30 heavy (non-hydrogen) atoms. The summed E-state index contributed by atoms with van der Waals surface area (Å²) in [5.74, 6) is 1.89. The number of benzene rings is 2. The SMILES string of the molecule is CC(=O)NC(C)c1ccc2nc(Oc3ccc(Oc4nccs4)cc3C)ccc2c1. The Bertz CT molecular complexity index is 1190. The molecule has 0 saturated carbocycles. The normalized spacial score (nSPS) is 11.8. The molecule has 0 aliphatic heterocycles. The third-order valence-corrected chi connectivity index (χ3v) is 5.23. The first-order valence-corrected chi connectivity index (χ1v) is 10.4. The van der Waals surface area contributed by atoms with Crippen molar-refractivity contribution < 1.29 is 14.3 Å². The Morgan fingerprint density at radius 3 is 2.70 bits per heavy atom. The molecule has 4 rings (SSSR count). The van der Waals surface area contributed by atoms with Crippen LogP contribution in [0.4, 0.5) is 0 Å². The van der Waals surface area contributed by atoms with Crippen LogP contribution in [0, 0.1) is 6.92 Å². The van der Waals surface area contributed by atoms with Crippen molar-refractivity contribution >= 4 is 28.1 Å². The molecule has 152 valence electrons. The van der Waals surface area contributed by atoms with E-state index in [4.69, 9.17) is 9.47 Å². The number of aromatic nitrogens is 2. The highest BCUT2D eigenvalue weighted by atomic mass is 32.1. The number of thiazole rings is 1. The summed E-state index contributed by atoms with van der Waals surface area (Å²) in [6.45, 7) is 5.43. The van der Waals surface area contributed by atoms with Crippen molar-refractivity contribution in [3.63, 3.8) is 0 Å². The Balaban J connectivity index is 1.51. The molecule has 0 radical (unpaired) electrons. The van der Waals surface area contributed by atoms with Gasteiger partial charge in [0, 0.05) is 30.0 Å². The van der Waals surface area contributed by atoms with Gasteiger partial charge in [-0.15, -0.1) is 0 Å². The summed E-state index contributed by atoms with van der Waals surface area (Å²) in [5.41, 5.74) is 2.79. The highest BCUT2D eigenvalue weighted by Crippen LogP contribution is 2.31. The van der Waals surface area contributed by atoms with Gasteiger partial charge in [0.25, 0.3) is 5.19 Å². The first-order valence-electron chi connectivity index (χ1n) is 9.51. The summed E-state index contributed by atoms with van der Waals surface area (Å²) < 4.78 is 11.7. The number of nitrogens with one attached hydrogen (secondary N) is 1. The number of pyridine rings is 1. The molecular formula is C23H21N3O3S. The van der Waals surface area contributed by atoms with E-state index in [1.165, 1.54) is 18.3 Å². The van der Waals surface area contributed by atoms with Gasteiger partial charge in [-0.25, -0.2) is 9.97 Å². The molecule has 1 unspecified atom stereocenters. The summed E-state index contributed by atoms with van der Waals surface area (Å²) in [6.07, 6.45) is 1.71. The minimum absolute atomic E-state index is 0.0529. The average molecular weight is 420 g/mol. The number of aryl methyl sites for hydroxylation is 1. The summed E-state index contributed by atoms with van der Waals surface area (Å²) in [5, 5.41) is 6.35. The van der Waals surface area contributed by atoms with Crippen molar-refractivity contribution in [2.45, 2.75) is 26.8 Å². The zero-order valence-electron chi connectivity index (χ0n) is 16.9. The molecule has 0 spiro atoms. The molecule has 2 heterocycles. The molecule has 0 aliphatic rings. The Morgan fingerprint density at radius 2 is 1.97 bits per heavy atom. The molecular weight excluding hydrogens is 398 g/mol. The fraction of sp³-hybridized carbons (Fsp3) is 0.174. The van der Waals surface area contributed by atoms with Gasteiger partial charge in [-0.1, -0.05) is 17.4 Å². The molecule has 0 saturated heterocycles. The number of ether oxygens (including phenoxy) is 2. The topological polar surface area (TPSA) is 73.3 Å². The van der Waals surface area contributed by atoms with Crippen LogP contribution in [-0.4, -0.2) is 15.9 Å². The van der Waals surface area contributed by atoms with Crippen LogP contribution < -0.4 is 14.8 Å². The minimum atomic E-state index is -0.0596. The zero-order valence-corrected chi connectivity index (χ0v) is 17.7. The van der Waals surface area contributed by atoms with Crippen LogP contribution >= 0.6 is 11.3 Å². The molecule has 0 bridgehead atoms. The number of hydrogen-bond acceptors (Lipinski definition) is 6. The van der Waals surface area contributed by atoms with Gasteiger partial charge in [0.05, 0.1) is 11.6 Å². The van der Waals surface area contributed by atoms with Gasteiger partial charge in [-0.05, 0) is 61.4 Å². The quantitative estimate of drug-likeness (QED) is 0.429. The zero-order chi connectivity index (χ0) is 21.1. The average Bonchev–Trinajstić information content (AvgIpc) is 3.22. The molecule has 7 heteroatoms. The second-order valence-corrected chi connectivity index (χ2v) is 7.81. The van der Waals surface area contributed by atoms with E-state index < -0.39 is 0 Å². The maximum absolute atomic E-state index is 11.3. The Labute approximate surface area is 178 Å². The fourth-order valence-corrected chi connectivity index (χ4v) is 3.62. The lowest BCUT2D eigenvalue weighted by Gasteiger charge is -2.14. The Morgan fingerprint density at radius 1 is 1.10 bits per heavy atom. The van der Waals surface area contributed by atoms with Gasteiger partial charge in [0.15, 0.2) is 0 Å². The van der Waals surface area contributed by atoms with Crippen molar-refractivity contribution in [1.82, 2.24) is 15.3 Å². The molecule has 6 nitrogen and oxygen atoms in total. The van der Waals surface area contributed by atoms with Gasteiger partial charge in [-0.3, -0.25) is 4.79 Å². The predicted molar refractivity (Wildman–Crippen MR) is 117 cm³/mol.